The van der Waals surface area contributed by atoms with Crippen LogP contribution >= 0.6 is 0 Å². The maximum absolute atomic E-state index is 13.0. The summed E-state index contributed by atoms with van der Waals surface area (Å²) in [6, 6.07) is 12.6. The summed E-state index contributed by atoms with van der Waals surface area (Å²) in [5.74, 6) is 0.281. The van der Waals surface area contributed by atoms with Gasteiger partial charge >= 0.3 is 0 Å². The van der Waals surface area contributed by atoms with Crippen LogP contribution in [-0.2, 0) is 0 Å². The van der Waals surface area contributed by atoms with E-state index in [-0.39, 0.29) is 18.0 Å². The van der Waals surface area contributed by atoms with Crippen LogP contribution < -0.4 is 5.32 Å². The van der Waals surface area contributed by atoms with Crippen molar-refractivity contribution < 1.29 is 9.32 Å². The van der Waals surface area contributed by atoms with E-state index in [9.17, 15) is 4.79 Å². The average molecular weight is 311 g/mol. The Hall–Kier alpha value is -2.14. The maximum Gasteiger partial charge on any atom is 0.293 e. The minimum Gasteiger partial charge on any atom is -0.351 e. The predicted molar refractivity (Wildman–Crippen MR) is 85.9 cm³/mol. The molecule has 1 amide bonds. The Balaban J connectivity index is 1.70. The molecule has 0 unspecified atom stereocenters. The molecule has 1 aromatic heterocycles. The lowest BCUT2D eigenvalue weighted by Gasteiger charge is -2.30. The van der Waals surface area contributed by atoms with E-state index in [0.29, 0.717) is 11.8 Å². The van der Waals surface area contributed by atoms with E-state index < -0.39 is 0 Å². The molecule has 1 aromatic carbocycles. The van der Waals surface area contributed by atoms with Gasteiger partial charge in [-0.25, -0.2) is 0 Å². The van der Waals surface area contributed by atoms with Crippen molar-refractivity contribution in [3.8, 4) is 0 Å². The molecule has 1 N–H and O–H groups in total. The Kier molecular flexibility index (Phi) is 3.87. The molecule has 2 aliphatic rings. The maximum atomic E-state index is 13.0. The minimum absolute atomic E-state index is 0.0486. The molecule has 3 heterocycles. The van der Waals surface area contributed by atoms with Gasteiger partial charge in [0.05, 0.1) is 12.2 Å². The monoisotopic (exact) mass is 311 g/mol. The molecule has 5 heteroatoms. The number of benzene rings is 1. The van der Waals surface area contributed by atoms with E-state index in [1.807, 2.05) is 23.1 Å². The largest absolute Gasteiger partial charge is 0.351 e. The van der Waals surface area contributed by atoms with Gasteiger partial charge in [0, 0.05) is 18.2 Å². The zero-order valence-corrected chi connectivity index (χ0v) is 13.0. The lowest BCUT2D eigenvalue weighted by atomic mass is 10.0. The number of nitrogens with one attached hydrogen (secondary N) is 1. The van der Waals surface area contributed by atoms with E-state index in [1.54, 1.807) is 6.07 Å². The SMILES string of the molecule is O=C(c1ccno1)N1[C@H](c2ccccc2)C[C@H]2NCCCC[C@@H]21. The van der Waals surface area contributed by atoms with Gasteiger partial charge in [0.1, 0.15) is 0 Å². The van der Waals surface area contributed by atoms with E-state index in [1.165, 1.54) is 18.2 Å². The van der Waals surface area contributed by atoms with Gasteiger partial charge in [-0.3, -0.25) is 4.79 Å². The lowest BCUT2D eigenvalue weighted by Crippen LogP contribution is -2.44. The van der Waals surface area contributed by atoms with Crippen molar-refractivity contribution in [1.82, 2.24) is 15.4 Å². The molecule has 0 saturated carbocycles. The van der Waals surface area contributed by atoms with Crippen molar-refractivity contribution in [2.45, 2.75) is 43.8 Å². The average Bonchev–Trinajstić information content (AvgIpc) is 3.19. The second-order valence-corrected chi connectivity index (χ2v) is 6.38. The number of likely N-dealkylation sites (tertiary alicyclic amines) is 1. The molecule has 3 atom stereocenters. The lowest BCUT2D eigenvalue weighted by molar-refractivity contribution is 0.0607. The number of amides is 1. The van der Waals surface area contributed by atoms with Gasteiger partial charge in [-0.15, -0.1) is 0 Å². The van der Waals surface area contributed by atoms with E-state index in [0.717, 1.165) is 25.8 Å². The molecule has 4 rings (SSSR count). The highest BCUT2D eigenvalue weighted by Crippen LogP contribution is 2.40. The van der Waals surface area contributed by atoms with Crippen LogP contribution in [0.15, 0.2) is 47.1 Å². The second kappa shape index (κ2) is 6.16. The van der Waals surface area contributed by atoms with Crippen molar-refractivity contribution in [1.29, 1.82) is 0 Å². The summed E-state index contributed by atoms with van der Waals surface area (Å²) in [7, 11) is 0. The highest BCUT2D eigenvalue weighted by atomic mass is 16.5. The first-order valence-corrected chi connectivity index (χ1v) is 8.36. The highest BCUT2D eigenvalue weighted by molar-refractivity contribution is 5.92. The van der Waals surface area contributed by atoms with Crippen molar-refractivity contribution in [3.05, 3.63) is 53.9 Å². The number of nitrogens with zero attached hydrogens (tertiary/aromatic N) is 2. The fraction of sp³-hybridized carbons (Fsp3) is 0.444. The molecular formula is C18H21N3O2. The summed E-state index contributed by atoms with van der Waals surface area (Å²) >= 11 is 0. The van der Waals surface area contributed by atoms with Crippen molar-refractivity contribution in [2.75, 3.05) is 6.54 Å². The van der Waals surface area contributed by atoms with Crippen LogP contribution in [0.2, 0.25) is 0 Å². The number of hydrogen-bond acceptors (Lipinski definition) is 4. The highest BCUT2D eigenvalue weighted by Gasteiger charge is 2.45. The number of fused-ring (bicyclic) bond motifs is 1. The van der Waals surface area contributed by atoms with Gasteiger partial charge in [0.25, 0.3) is 5.91 Å². The van der Waals surface area contributed by atoms with Crippen LogP contribution in [0.5, 0.6) is 0 Å². The molecule has 0 aliphatic carbocycles. The molecule has 2 aliphatic heterocycles. The normalized spacial score (nSPS) is 27.5. The van der Waals surface area contributed by atoms with Gasteiger partial charge in [-0.1, -0.05) is 41.9 Å². The summed E-state index contributed by atoms with van der Waals surface area (Å²) < 4.78 is 5.14. The number of rotatable bonds is 2. The fourth-order valence-electron chi connectivity index (χ4n) is 3.98. The topological polar surface area (TPSA) is 58.4 Å². The Morgan fingerprint density at radius 2 is 2.09 bits per heavy atom. The summed E-state index contributed by atoms with van der Waals surface area (Å²) in [5.41, 5.74) is 1.19. The number of aromatic nitrogens is 1. The van der Waals surface area contributed by atoms with Crippen molar-refractivity contribution in [3.63, 3.8) is 0 Å². The second-order valence-electron chi connectivity index (χ2n) is 6.38. The van der Waals surface area contributed by atoms with Crippen LogP contribution in [0.3, 0.4) is 0 Å². The number of hydrogen-bond donors (Lipinski definition) is 1. The molecule has 0 bridgehead atoms. The van der Waals surface area contributed by atoms with Crippen molar-refractivity contribution in [2.24, 2.45) is 0 Å². The molecule has 2 fully saturated rings. The first-order valence-electron chi connectivity index (χ1n) is 8.36. The summed E-state index contributed by atoms with van der Waals surface area (Å²) in [4.78, 5) is 15.0. The minimum atomic E-state index is -0.0486. The smallest absolute Gasteiger partial charge is 0.293 e. The quantitative estimate of drug-likeness (QED) is 0.926. The predicted octanol–water partition coefficient (Wildman–Crippen LogP) is 2.77. The zero-order chi connectivity index (χ0) is 15.6. The molecule has 120 valence electrons. The third-order valence-electron chi connectivity index (χ3n) is 5.04. The standard InChI is InChI=1S/C18H21N3O2/c22-18(17-9-11-20-23-17)21-15-8-4-5-10-19-14(15)12-16(21)13-6-2-1-3-7-13/h1-3,6-7,9,11,14-16,19H,4-5,8,10,12H2/t14-,15+,16+/m1/s1. The van der Waals surface area contributed by atoms with E-state index >= 15 is 0 Å². The van der Waals surface area contributed by atoms with Crippen LogP contribution in [0.1, 0.15) is 47.8 Å². The van der Waals surface area contributed by atoms with Gasteiger partial charge in [-0.2, -0.15) is 0 Å². The van der Waals surface area contributed by atoms with E-state index in [4.69, 9.17) is 4.52 Å². The molecule has 0 spiro atoms. The van der Waals surface area contributed by atoms with Gasteiger partial charge < -0.3 is 14.7 Å². The Bertz CT molecular complexity index is 656. The van der Waals surface area contributed by atoms with Gasteiger partial charge in [0.2, 0.25) is 5.76 Å². The summed E-state index contributed by atoms with van der Waals surface area (Å²) in [6.07, 6.45) is 5.85. The molecule has 2 saturated heterocycles. The molecular weight excluding hydrogens is 290 g/mol. The Labute approximate surface area is 135 Å². The van der Waals surface area contributed by atoms with Crippen LogP contribution in [-0.4, -0.2) is 34.6 Å². The first kappa shape index (κ1) is 14.5. The van der Waals surface area contributed by atoms with Crippen LogP contribution in [0.25, 0.3) is 0 Å². The summed E-state index contributed by atoms with van der Waals surface area (Å²) in [6.45, 7) is 1.03. The number of carbonyl (C=O) groups is 1. The molecule has 0 radical (unpaired) electrons. The van der Waals surface area contributed by atoms with Crippen LogP contribution in [0, 0.1) is 0 Å². The third kappa shape index (κ3) is 2.65. The van der Waals surface area contributed by atoms with E-state index in [2.05, 4.69) is 22.6 Å². The Morgan fingerprint density at radius 3 is 2.87 bits per heavy atom. The molecule has 2 aromatic rings. The zero-order valence-electron chi connectivity index (χ0n) is 13.0. The third-order valence-corrected chi connectivity index (χ3v) is 5.04. The van der Waals surface area contributed by atoms with Crippen molar-refractivity contribution >= 4 is 5.91 Å². The van der Waals surface area contributed by atoms with Gasteiger partial charge in [-0.05, 0) is 31.4 Å². The number of carbonyl (C=O) groups excluding carboxylic acids is 1. The first-order chi connectivity index (χ1) is 11.3. The van der Waals surface area contributed by atoms with Crippen LogP contribution in [0.4, 0.5) is 0 Å². The Morgan fingerprint density at radius 1 is 1.22 bits per heavy atom. The molecule has 5 nitrogen and oxygen atoms in total. The van der Waals surface area contributed by atoms with Gasteiger partial charge in [0.15, 0.2) is 0 Å². The summed E-state index contributed by atoms with van der Waals surface area (Å²) in [5, 5.41) is 7.33. The molecule has 23 heavy (non-hydrogen) atoms. The fourth-order valence-corrected chi connectivity index (χ4v) is 3.98.